The first-order valence-corrected chi connectivity index (χ1v) is 10.8. The van der Waals surface area contributed by atoms with Gasteiger partial charge in [0.05, 0.1) is 31.0 Å². The van der Waals surface area contributed by atoms with Crippen molar-refractivity contribution >= 4 is 23.9 Å². The fourth-order valence-electron chi connectivity index (χ4n) is 3.48. The van der Waals surface area contributed by atoms with E-state index in [1.807, 2.05) is 13.0 Å². The molecule has 4 rings (SSSR count). The first-order valence-electron chi connectivity index (χ1n) is 10.8. The summed E-state index contributed by atoms with van der Waals surface area (Å²) < 4.78 is 16.8. The minimum absolute atomic E-state index is 0.108. The highest BCUT2D eigenvalue weighted by atomic mass is 16.5. The van der Waals surface area contributed by atoms with Gasteiger partial charge in [0, 0.05) is 5.56 Å². The number of carbonyl (C=O) groups is 3. The quantitative estimate of drug-likeness (QED) is 0.392. The van der Waals surface area contributed by atoms with Gasteiger partial charge in [0.25, 0.3) is 11.8 Å². The van der Waals surface area contributed by atoms with Crippen LogP contribution in [0, 0.1) is 11.3 Å². The number of rotatable bonds is 8. The lowest BCUT2D eigenvalue weighted by Gasteiger charge is -2.25. The van der Waals surface area contributed by atoms with Crippen molar-refractivity contribution in [3.8, 4) is 17.6 Å². The number of ether oxygens (including phenoxy) is 2. The van der Waals surface area contributed by atoms with Crippen LogP contribution in [0.4, 0.5) is 4.79 Å². The second-order valence-electron chi connectivity index (χ2n) is 7.48. The molecule has 1 aliphatic rings. The Balaban J connectivity index is 1.58. The average molecular weight is 471 g/mol. The molecule has 0 atom stereocenters. The van der Waals surface area contributed by atoms with E-state index >= 15 is 0 Å². The largest absolute Gasteiger partial charge is 0.490 e. The van der Waals surface area contributed by atoms with Crippen LogP contribution in [0.3, 0.4) is 0 Å². The van der Waals surface area contributed by atoms with E-state index in [4.69, 9.17) is 13.9 Å². The number of urea groups is 1. The Morgan fingerprint density at radius 1 is 1.06 bits per heavy atom. The van der Waals surface area contributed by atoms with Crippen molar-refractivity contribution in [2.24, 2.45) is 0 Å². The van der Waals surface area contributed by atoms with Gasteiger partial charge in [-0.25, -0.2) is 4.79 Å². The number of hydrogen-bond donors (Lipinski definition) is 1. The maximum absolute atomic E-state index is 12.9. The summed E-state index contributed by atoms with van der Waals surface area (Å²) in [7, 11) is 0. The summed E-state index contributed by atoms with van der Waals surface area (Å²) in [4.78, 5) is 38.4. The third kappa shape index (κ3) is 5.23. The molecule has 4 amide bonds. The van der Waals surface area contributed by atoms with Crippen LogP contribution in [0.2, 0.25) is 0 Å². The van der Waals surface area contributed by atoms with Gasteiger partial charge in [-0.2, -0.15) is 5.26 Å². The lowest BCUT2D eigenvalue weighted by molar-refractivity contribution is -0.130. The van der Waals surface area contributed by atoms with E-state index < -0.39 is 17.8 Å². The monoisotopic (exact) mass is 471 g/mol. The number of nitrogens with zero attached hydrogens (tertiary/aromatic N) is 2. The van der Waals surface area contributed by atoms with Crippen LogP contribution < -0.4 is 14.8 Å². The van der Waals surface area contributed by atoms with Crippen LogP contribution in [-0.2, 0) is 22.7 Å². The molecule has 2 aromatic carbocycles. The van der Waals surface area contributed by atoms with Crippen LogP contribution >= 0.6 is 0 Å². The molecule has 176 valence electrons. The molecule has 0 unspecified atom stereocenters. The van der Waals surface area contributed by atoms with Crippen LogP contribution in [0.25, 0.3) is 6.08 Å². The molecule has 35 heavy (non-hydrogen) atoms. The Hall–Kier alpha value is -4.84. The smallest absolute Gasteiger partial charge is 0.331 e. The predicted molar refractivity (Wildman–Crippen MR) is 124 cm³/mol. The number of carbonyl (C=O) groups excluding carboxylic acids is 3. The molecule has 0 saturated carbocycles. The fraction of sp³-hybridized carbons (Fsp3) is 0.154. The third-order valence-electron chi connectivity index (χ3n) is 5.18. The van der Waals surface area contributed by atoms with Crippen molar-refractivity contribution in [2.45, 2.75) is 20.1 Å². The van der Waals surface area contributed by atoms with Crippen molar-refractivity contribution in [1.82, 2.24) is 10.2 Å². The number of amides is 4. The normalized spacial score (nSPS) is 14.6. The maximum atomic E-state index is 12.9. The number of nitrogens with one attached hydrogen (secondary N) is 1. The Labute approximate surface area is 201 Å². The topological polar surface area (TPSA) is 122 Å². The fourth-order valence-corrected chi connectivity index (χ4v) is 3.48. The summed E-state index contributed by atoms with van der Waals surface area (Å²) in [6, 6.07) is 16.7. The number of imide groups is 2. The zero-order chi connectivity index (χ0) is 24.8. The second-order valence-corrected chi connectivity index (χ2v) is 7.48. The van der Waals surface area contributed by atoms with E-state index in [1.54, 1.807) is 48.5 Å². The Bertz CT molecular complexity index is 1340. The number of furan rings is 1. The lowest BCUT2D eigenvalue weighted by atomic mass is 10.1. The summed E-state index contributed by atoms with van der Waals surface area (Å²) in [5.74, 6) is -0.275. The van der Waals surface area contributed by atoms with Crippen molar-refractivity contribution in [3.05, 3.63) is 88.9 Å². The van der Waals surface area contributed by atoms with Gasteiger partial charge in [-0.1, -0.05) is 24.3 Å². The molecular weight excluding hydrogens is 450 g/mol. The molecule has 0 radical (unpaired) electrons. The predicted octanol–water partition coefficient (Wildman–Crippen LogP) is 3.79. The van der Waals surface area contributed by atoms with E-state index in [0.717, 1.165) is 10.5 Å². The Kier molecular flexibility index (Phi) is 6.93. The van der Waals surface area contributed by atoms with Crippen LogP contribution in [0.5, 0.6) is 11.5 Å². The van der Waals surface area contributed by atoms with Gasteiger partial charge in [-0.05, 0) is 48.9 Å². The van der Waals surface area contributed by atoms with Gasteiger partial charge in [-0.15, -0.1) is 0 Å². The lowest BCUT2D eigenvalue weighted by Crippen LogP contribution is -2.53. The van der Waals surface area contributed by atoms with Gasteiger partial charge in [0.15, 0.2) is 11.5 Å². The van der Waals surface area contributed by atoms with E-state index in [1.165, 1.54) is 12.3 Å². The summed E-state index contributed by atoms with van der Waals surface area (Å²) in [6.07, 6.45) is 2.82. The highest BCUT2D eigenvalue weighted by Gasteiger charge is 2.36. The minimum Gasteiger partial charge on any atom is -0.490 e. The Morgan fingerprint density at radius 2 is 1.89 bits per heavy atom. The van der Waals surface area contributed by atoms with Gasteiger partial charge in [0.1, 0.15) is 17.9 Å². The van der Waals surface area contributed by atoms with E-state index in [-0.39, 0.29) is 18.7 Å². The molecule has 1 aromatic heterocycles. The number of barbiturate groups is 1. The number of nitriles is 1. The van der Waals surface area contributed by atoms with Gasteiger partial charge < -0.3 is 13.9 Å². The molecule has 0 spiro atoms. The third-order valence-corrected chi connectivity index (χ3v) is 5.18. The summed E-state index contributed by atoms with van der Waals surface area (Å²) >= 11 is 0. The SMILES string of the molecule is CCOc1cc(/C=C2\C(=O)NC(=O)N(Cc3ccco3)C2=O)ccc1OCc1ccccc1C#N. The zero-order valence-corrected chi connectivity index (χ0v) is 18.8. The van der Waals surface area contributed by atoms with Crippen molar-refractivity contribution < 1.29 is 28.3 Å². The molecule has 1 N–H and O–H groups in total. The summed E-state index contributed by atoms with van der Waals surface area (Å²) in [5, 5.41) is 11.4. The van der Waals surface area contributed by atoms with Crippen molar-refractivity contribution in [3.63, 3.8) is 0 Å². The molecular formula is C26H21N3O6. The molecule has 9 nitrogen and oxygen atoms in total. The number of hydrogen-bond acceptors (Lipinski definition) is 7. The first kappa shape index (κ1) is 23.3. The van der Waals surface area contributed by atoms with E-state index in [0.29, 0.717) is 35.0 Å². The van der Waals surface area contributed by atoms with E-state index in [9.17, 15) is 19.6 Å². The maximum Gasteiger partial charge on any atom is 0.331 e. The zero-order valence-electron chi connectivity index (χ0n) is 18.8. The van der Waals surface area contributed by atoms with Gasteiger partial charge >= 0.3 is 6.03 Å². The number of benzene rings is 2. The van der Waals surface area contributed by atoms with Crippen LogP contribution in [0.1, 0.15) is 29.4 Å². The minimum atomic E-state index is -0.815. The standard InChI is InChI=1S/C26H21N3O6/c1-2-33-23-13-17(9-10-22(23)35-16-19-7-4-3-6-18(19)14-27)12-21-24(30)28-26(32)29(25(21)31)15-20-8-5-11-34-20/h3-13H,2,15-16H2,1H3,(H,28,30,32)/b21-12+. The van der Waals surface area contributed by atoms with Gasteiger partial charge in [0.2, 0.25) is 0 Å². The molecule has 0 aliphatic carbocycles. The molecule has 1 fully saturated rings. The molecule has 2 heterocycles. The molecule has 9 heteroatoms. The second kappa shape index (κ2) is 10.4. The molecule has 1 saturated heterocycles. The Morgan fingerprint density at radius 3 is 2.63 bits per heavy atom. The van der Waals surface area contributed by atoms with Crippen LogP contribution in [0.15, 0.2) is 70.9 Å². The first-order chi connectivity index (χ1) is 17.0. The highest BCUT2D eigenvalue weighted by Crippen LogP contribution is 2.31. The highest BCUT2D eigenvalue weighted by molar-refractivity contribution is 6.30. The van der Waals surface area contributed by atoms with Gasteiger partial charge in [-0.3, -0.25) is 19.8 Å². The summed E-state index contributed by atoms with van der Waals surface area (Å²) in [6.45, 7) is 2.23. The average Bonchev–Trinajstić information content (AvgIpc) is 3.37. The van der Waals surface area contributed by atoms with E-state index in [2.05, 4.69) is 11.4 Å². The summed E-state index contributed by atoms with van der Waals surface area (Å²) in [5.41, 5.74) is 1.55. The van der Waals surface area contributed by atoms with Crippen LogP contribution in [-0.4, -0.2) is 29.4 Å². The van der Waals surface area contributed by atoms with Crippen molar-refractivity contribution in [1.29, 1.82) is 5.26 Å². The molecule has 1 aliphatic heterocycles. The van der Waals surface area contributed by atoms with Crippen molar-refractivity contribution in [2.75, 3.05) is 6.61 Å². The molecule has 0 bridgehead atoms. The molecule has 3 aromatic rings.